The van der Waals surface area contributed by atoms with Gasteiger partial charge in [-0.05, 0) is 32.1 Å². The molecule has 76 valence electrons. The van der Waals surface area contributed by atoms with Crippen molar-refractivity contribution in [3.63, 3.8) is 0 Å². The Balaban J connectivity index is 2.43. The highest BCUT2D eigenvalue weighted by Crippen LogP contribution is 2.34. The summed E-state index contributed by atoms with van der Waals surface area (Å²) in [7, 11) is 0. The van der Waals surface area contributed by atoms with Gasteiger partial charge in [-0.15, -0.1) is 0 Å². The van der Waals surface area contributed by atoms with Crippen molar-refractivity contribution < 1.29 is 5.11 Å². The Morgan fingerprint density at radius 2 is 2.08 bits per heavy atom. The van der Waals surface area contributed by atoms with Crippen molar-refractivity contribution in [1.29, 1.82) is 0 Å². The molecule has 1 rings (SSSR count). The number of allylic oxidation sites excluding steroid dienone is 1. The van der Waals surface area contributed by atoms with Gasteiger partial charge in [-0.2, -0.15) is 0 Å². The van der Waals surface area contributed by atoms with E-state index in [-0.39, 0.29) is 0 Å². The van der Waals surface area contributed by atoms with E-state index in [1.54, 1.807) is 0 Å². The SMILES string of the molecule is O[C@@H](CC1=CCCCC1)C(Cl)(Cl)Cl. The fourth-order valence-electron chi connectivity index (χ4n) is 1.45. The van der Waals surface area contributed by atoms with Crippen LogP contribution in [0.3, 0.4) is 0 Å². The van der Waals surface area contributed by atoms with E-state index in [0.29, 0.717) is 6.42 Å². The van der Waals surface area contributed by atoms with Gasteiger partial charge < -0.3 is 5.11 Å². The molecule has 0 aliphatic heterocycles. The van der Waals surface area contributed by atoms with Gasteiger partial charge in [0, 0.05) is 0 Å². The molecule has 0 amide bonds. The monoisotopic (exact) mass is 242 g/mol. The molecule has 1 aliphatic rings. The number of aliphatic hydroxyl groups excluding tert-OH is 1. The van der Waals surface area contributed by atoms with Crippen LogP contribution in [0, 0.1) is 0 Å². The highest BCUT2D eigenvalue weighted by molar-refractivity contribution is 6.68. The highest BCUT2D eigenvalue weighted by Gasteiger charge is 2.31. The Labute approximate surface area is 93.7 Å². The Kier molecular flexibility index (Phi) is 4.37. The van der Waals surface area contributed by atoms with Crippen molar-refractivity contribution in [1.82, 2.24) is 0 Å². The predicted octanol–water partition coefficient (Wildman–Crippen LogP) is 3.61. The van der Waals surface area contributed by atoms with Crippen LogP contribution in [-0.2, 0) is 0 Å². The largest absolute Gasteiger partial charge is 0.388 e. The maximum absolute atomic E-state index is 9.50. The maximum Gasteiger partial charge on any atom is 0.216 e. The molecule has 0 aromatic heterocycles. The molecule has 0 fully saturated rings. The van der Waals surface area contributed by atoms with E-state index in [4.69, 9.17) is 34.8 Å². The van der Waals surface area contributed by atoms with Crippen LogP contribution in [0.1, 0.15) is 32.1 Å². The molecule has 0 heterocycles. The third-order valence-corrected chi connectivity index (χ3v) is 2.97. The summed E-state index contributed by atoms with van der Waals surface area (Å²) < 4.78 is -1.56. The Morgan fingerprint density at radius 1 is 1.38 bits per heavy atom. The number of halogens is 3. The lowest BCUT2D eigenvalue weighted by atomic mass is 9.95. The van der Waals surface area contributed by atoms with E-state index >= 15 is 0 Å². The van der Waals surface area contributed by atoms with E-state index in [2.05, 4.69) is 6.08 Å². The van der Waals surface area contributed by atoms with Crippen molar-refractivity contribution in [2.45, 2.75) is 42.0 Å². The first-order valence-electron chi connectivity index (χ1n) is 4.43. The standard InChI is InChI=1S/C9H13Cl3O/c10-9(11,12)8(13)6-7-4-2-1-3-5-7/h4,8,13H,1-3,5-6H2/t8-/m0/s1. The fourth-order valence-corrected chi connectivity index (χ4v) is 1.69. The van der Waals surface area contributed by atoms with Crippen molar-refractivity contribution in [2.24, 2.45) is 0 Å². The first kappa shape index (κ1) is 11.6. The summed E-state index contributed by atoms with van der Waals surface area (Å²) in [6, 6.07) is 0. The van der Waals surface area contributed by atoms with Crippen LogP contribution in [0.2, 0.25) is 0 Å². The first-order chi connectivity index (χ1) is 6.00. The Bertz CT molecular complexity index is 196. The van der Waals surface area contributed by atoms with Crippen LogP contribution in [-0.4, -0.2) is 15.0 Å². The Hall–Kier alpha value is 0.570. The fraction of sp³-hybridized carbons (Fsp3) is 0.778. The second kappa shape index (κ2) is 4.88. The van der Waals surface area contributed by atoms with Crippen LogP contribution in [0.15, 0.2) is 11.6 Å². The molecule has 0 saturated heterocycles. The van der Waals surface area contributed by atoms with Crippen LogP contribution in [0.25, 0.3) is 0 Å². The van der Waals surface area contributed by atoms with E-state index in [9.17, 15) is 5.11 Å². The number of rotatable bonds is 2. The lowest BCUT2D eigenvalue weighted by molar-refractivity contribution is 0.177. The molecule has 1 N–H and O–H groups in total. The van der Waals surface area contributed by atoms with E-state index in [0.717, 1.165) is 12.8 Å². The summed E-state index contributed by atoms with van der Waals surface area (Å²) in [6.07, 6.45) is 6.26. The van der Waals surface area contributed by atoms with E-state index in [1.807, 2.05) is 0 Å². The third-order valence-electron chi connectivity index (χ3n) is 2.22. The van der Waals surface area contributed by atoms with Gasteiger partial charge in [-0.25, -0.2) is 0 Å². The second-order valence-electron chi connectivity index (χ2n) is 3.37. The molecule has 0 radical (unpaired) electrons. The third kappa shape index (κ3) is 4.07. The smallest absolute Gasteiger partial charge is 0.216 e. The molecule has 0 spiro atoms. The van der Waals surface area contributed by atoms with Crippen molar-refractivity contribution in [3.05, 3.63) is 11.6 Å². The molecule has 0 unspecified atom stereocenters. The van der Waals surface area contributed by atoms with Gasteiger partial charge in [0.05, 0.1) is 0 Å². The van der Waals surface area contributed by atoms with Crippen LogP contribution in [0.4, 0.5) is 0 Å². The van der Waals surface area contributed by atoms with Crippen LogP contribution >= 0.6 is 34.8 Å². The van der Waals surface area contributed by atoms with E-state index < -0.39 is 9.90 Å². The molecular formula is C9H13Cl3O. The quantitative estimate of drug-likeness (QED) is 0.580. The number of hydrogen-bond donors (Lipinski definition) is 1. The van der Waals surface area contributed by atoms with Gasteiger partial charge in [0.25, 0.3) is 0 Å². The molecule has 0 bridgehead atoms. The van der Waals surface area contributed by atoms with Gasteiger partial charge in [-0.1, -0.05) is 46.5 Å². The summed E-state index contributed by atoms with van der Waals surface area (Å²) in [5.74, 6) is 0. The summed E-state index contributed by atoms with van der Waals surface area (Å²) in [5, 5.41) is 9.50. The summed E-state index contributed by atoms with van der Waals surface area (Å²) in [6.45, 7) is 0. The lowest BCUT2D eigenvalue weighted by Gasteiger charge is -2.21. The van der Waals surface area contributed by atoms with Gasteiger partial charge in [0.2, 0.25) is 3.79 Å². The number of aliphatic hydroxyl groups is 1. The van der Waals surface area contributed by atoms with Gasteiger partial charge in [0.15, 0.2) is 0 Å². The molecule has 13 heavy (non-hydrogen) atoms. The first-order valence-corrected chi connectivity index (χ1v) is 5.56. The zero-order valence-corrected chi connectivity index (χ0v) is 9.54. The topological polar surface area (TPSA) is 20.2 Å². The minimum absolute atomic E-state index is 0.483. The van der Waals surface area contributed by atoms with Crippen LogP contribution in [0.5, 0.6) is 0 Å². The van der Waals surface area contributed by atoms with Crippen molar-refractivity contribution >= 4 is 34.8 Å². The average Bonchev–Trinajstić information content (AvgIpc) is 2.04. The van der Waals surface area contributed by atoms with Gasteiger partial charge in [-0.3, -0.25) is 0 Å². The summed E-state index contributed by atoms with van der Waals surface area (Å²) in [5.41, 5.74) is 1.21. The molecule has 1 nitrogen and oxygen atoms in total. The molecule has 4 heteroatoms. The van der Waals surface area contributed by atoms with Crippen LogP contribution < -0.4 is 0 Å². The minimum atomic E-state index is -1.56. The second-order valence-corrected chi connectivity index (χ2v) is 5.74. The molecule has 1 atom stereocenters. The lowest BCUT2D eigenvalue weighted by Crippen LogP contribution is -2.25. The number of alkyl halides is 3. The summed E-state index contributed by atoms with van der Waals surface area (Å²) in [4.78, 5) is 0. The highest BCUT2D eigenvalue weighted by atomic mass is 35.6. The zero-order valence-electron chi connectivity index (χ0n) is 7.27. The predicted molar refractivity (Wildman–Crippen MR) is 57.5 cm³/mol. The molecule has 0 aromatic rings. The minimum Gasteiger partial charge on any atom is -0.388 e. The summed E-state index contributed by atoms with van der Waals surface area (Å²) >= 11 is 16.7. The molecule has 0 saturated carbocycles. The normalized spacial score (nSPS) is 21.1. The van der Waals surface area contributed by atoms with E-state index in [1.165, 1.54) is 18.4 Å². The molecular weight excluding hydrogens is 230 g/mol. The maximum atomic E-state index is 9.50. The van der Waals surface area contributed by atoms with Gasteiger partial charge >= 0.3 is 0 Å². The zero-order chi connectivity index (χ0) is 9.90. The van der Waals surface area contributed by atoms with Gasteiger partial charge in [0.1, 0.15) is 6.10 Å². The molecule has 1 aliphatic carbocycles. The van der Waals surface area contributed by atoms with Crippen molar-refractivity contribution in [2.75, 3.05) is 0 Å². The Morgan fingerprint density at radius 3 is 2.54 bits per heavy atom. The average molecular weight is 244 g/mol. The molecule has 0 aromatic carbocycles. The number of hydrogen-bond acceptors (Lipinski definition) is 1. The van der Waals surface area contributed by atoms with Crippen molar-refractivity contribution in [3.8, 4) is 0 Å².